The minimum atomic E-state index is -1.03. The number of carbonyl (C=O) groups is 2. The van der Waals surface area contributed by atoms with Gasteiger partial charge in [-0.25, -0.2) is 9.59 Å². The van der Waals surface area contributed by atoms with Gasteiger partial charge in [-0.3, -0.25) is 4.90 Å². The fourth-order valence-corrected chi connectivity index (χ4v) is 2.03. The molecule has 1 aromatic rings. The number of nitrogens with zero attached hydrogens (tertiary/aromatic N) is 1. The second kappa shape index (κ2) is 6.41. The number of benzene rings is 1. The van der Waals surface area contributed by atoms with Crippen LogP contribution in [0, 0.1) is 19.8 Å². The second-order valence-corrected chi connectivity index (χ2v) is 5.36. The highest BCUT2D eigenvalue weighted by molar-refractivity contribution is 5.94. The molecule has 0 spiro atoms. The van der Waals surface area contributed by atoms with Gasteiger partial charge in [-0.1, -0.05) is 31.5 Å². The molecule has 0 aliphatic rings. The van der Waals surface area contributed by atoms with E-state index < -0.39 is 18.0 Å². The Bertz CT molecular complexity index is 512. The lowest BCUT2D eigenvalue weighted by Gasteiger charge is -2.24. The molecule has 0 heterocycles. The Morgan fingerprint density at radius 1 is 1.25 bits per heavy atom. The summed E-state index contributed by atoms with van der Waals surface area (Å²) < 4.78 is 0. The molecule has 1 aromatic carbocycles. The predicted octanol–water partition coefficient (Wildman–Crippen LogP) is 2.56. The van der Waals surface area contributed by atoms with Gasteiger partial charge in [-0.2, -0.15) is 0 Å². The topological polar surface area (TPSA) is 69.6 Å². The van der Waals surface area contributed by atoms with Gasteiger partial charge in [-0.15, -0.1) is 0 Å². The standard InChI is InChI=1S/C15H22N2O3/c1-9(2)13(14(18)19)16-15(20)17(5)12-7-6-10(3)8-11(12)4/h6-9,13H,1-5H3,(H,16,20)(H,18,19). The third-order valence-corrected chi connectivity index (χ3v) is 3.23. The quantitative estimate of drug-likeness (QED) is 0.889. The number of hydrogen-bond donors (Lipinski definition) is 2. The van der Waals surface area contributed by atoms with Crippen LogP contribution < -0.4 is 10.2 Å². The van der Waals surface area contributed by atoms with Crippen molar-refractivity contribution in [2.24, 2.45) is 5.92 Å². The monoisotopic (exact) mass is 278 g/mol. The third-order valence-electron chi connectivity index (χ3n) is 3.23. The molecule has 20 heavy (non-hydrogen) atoms. The molecular weight excluding hydrogens is 256 g/mol. The molecule has 1 unspecified atom stereocenters. The van der Waals surface area contributed by atoms with E-state index in [4.69, 9.17) is 5.11 Å². The summed E-state index contributed by atoms with van der Waals surface area (Å²) in [5.74, 6) is -1.20. The first-order chi connectivity index (χ1) is 9.23. The summed E-state index contributed by atoms with van der Waals surface area (Å²) in [5, 5.41) is 11.6. The number of aryl methyl sites for hydroxylation is 2. The molecule has 0 radical (unpaired) electrons. The van der Waals surface area contributed by atoms with Crippen LogP contribution in [0.1, 0.15) is 25.0 Å². The van der Waals surface area contributed by atoms with Gasteiger partial charge in [0, 0.05) is 12.7 Å². The van der Waals surface area contributed by atoms with Crippen molar-refractivity contribution in [3.05, 3.63) is 29.3 Å². The maximum absolute atomic E-state index is 12.2. The first-order valence-corrected chi connectivity index (χ1v) is 6.58. The number of carboxylic acid groups (broad SMARTS) is 1. The fraction of sp³-hybridized carbons (Fsp3) is 0.467. The van der Waals surface area contributed by atoms with Gasteiger partial charge in [0.2, 0.25) is 0 Å². The number of rotatable bonds is 4. The molecule has 5 nitrogen and oxygen atoms in total. The zero-order valence-electron chi connectivity index (χ0n) is 12.6. The fourth-order valence-electron chi connectivity index (χ4n) is 2.03. The number of aliphatic carboxylic acids is 1. The van der Waals surface area contributed by atoms with Gasteiger partial charge < -0.3 is 10.4 Å². The van der Waals surface area contributed by atoms with Gasteiger partial charge in [0.25, 0.3) is 0 Å². The number of carboxylic acids is 1. The Morgan fingerprint density at radius 3 is 2.30 bits per heavy atom. The molecule has 0 bridgehead atoms. The highest BCUT2D eigenvalue weighted by Gasteiger charge is 2.25. The van der Waals surface area contributed by atoms with E-state index in [-0.39, 0.29) is 5.92 Å². The van der Waals surface area contributed by atoms with Crippen LogP contribution in [0.25, 0.3) is 0 Å². The zero-order valence-corrected chi connectivity index (χ0v) is 12.6. The molecule has 2 N–H and O–H groups in total. The van der Waals surface area contributed by atoms with Crippen molar-refractivity contribution in [3.63, 3.8) is 0 Å². The number of nitrogens with one attached hydrogen (secondary N) is 1. The lowest BCUT2D eigenvalue weighted by Crippen LogP contribution is -2.49. The second-order valence-electron chi connectivity index (χ2n) is 5.36. The Labute approximate surface area is 119 Å². The zero-order chi connectivity index (χ0) is 15.4. The van der Waals surface area contributed by atoms with E-state index in [1.165, 1.54) is 4.90 Å². The lowest BCUT2D eigenvalue weighted by atomic mass is 10.1. The molecule has 1 atom stereocenters. The van der Waals surface area contributed by atoms with E-state index in [1.54, 1.807) is 20.9 Å². The van der Waals surface area contributed by atoms with E-state index in [1.807, 2.05) is 32.0 Å². The summed E-state index contributed by atoms with van der Waals surface area (Å²) in [4.78, 5) is 24.7. The van der Waals surface area contributed by atoms with Crippen molar-refractivity contribution in [1.82, 2.24) is 5.32 Å². The molecule has 0 aromatic heterocycles. The molecule has 5 heteroatoms. The van der Waals surface area contributed by atoms with Crippen LogP contribution >= 0.6 is 0 Å². The molecule has 0 aliphatic heterocycles. The van der Waals surface area contributed by atoms with Crippen molar-refractivity contribution in [2.45, 2.75) is 33.7 Å². The summed E-state index contributed by atoms with van der Waals surface area (Å²) in [6, 6.07) is 4.45. The molecule has 0 aliphatic carbocycles. The van der Waals surface area contributed by atoms with Crippen LogP contribution in [-0.4, -0.2) is 30.2 Å². The maximum atomic E-state index is 12.2. The van der Waals surface area contributed by atoms with Gasteiger partial charge in [0.1, 0.15) is 6.04 Å². The summed E-state index contributed by atoms with van der Waals surface area (Å²) in [6.07, 6.45) is 0. The molecule has 0 fully saturated rings. The number of amides is 2. The van der Waals surface area contributed by atoms with Crippen molar-refractivity contribution < 1.29 is 14.7 Å². The molecular formula is C15H22N2O3. The smallest absolute Gasteiger partial charge is 0.326 e. The van der Waals surface area contributed by atoms with Crippen LogP contribution in [0.5, 0.6) is 0 Å². The van der Waals surface area contributed by atoms with Crippen molar-refractivity contribution in [3.8, 4) is 0 Å². The van der Waals surface area contributed by atoms with E-state index in [9.17, 15) is 9.59 Å². The van der Waals surface area contributed by atoms with Crippen LogP contribution in [-0.2, 0) is 4.79 Å². The molecule has 0 saturated heterocycles. The highest BCUT2D eigenvalue weighted by atomic mass is 16.4. The maximum Gasteiger partial charge on any atom is 0.326 e. The SMILES string of the molecule is Cc1ccc(N(C)C(=O)NC(C(=O)O)C(C)C)c(C)c1. The van der Waals surface area contributed by atoms with Crippen molar-refractivity contribution in [2.75, 3.05) is 11.9 Å². The number of urea groups is 1. The largest absolute Gasteiger partial charge is 0.480 e. The van der Waals surface area contributed by atoms with Crippen molar-refractivity contribution in [1.29, 1.82) is 0 Å². The normalized spacial score (nSPS) is 12.1. The Balaban J connectivity index is 2.88. The number of hydrogen-bond acceptors (Lipinski definition) is 2. The molecule has 2 amide bonds. The predicted molar refractivity (Wildman–Crippen MR) is 79.1 cm³/mol. The average Bonchev–Trinajstić information content (AvgIpc) is 2.34. The lowest BCUT2D eigenvalue weighted by molar-refractivity contribution is -0.140. The summed E-state index contributed by atoms with van der Waals surface area (Å²) in [7, 11) is 1.63. The third kappa shape index (κ3) is 3.73. The molecule has 0 saturated carbocycles. The molecule has 1 rings (SSSR count). The van der Waals surface area contributed by atoms with Gasteiger partial charge in [0.15, 0.2) is 0 Å². The van der Waals surface area contributed by atoms with Gasteiger partial charge in [0.05, 0.1) is 0 Å². The average molecular weight is 278 g/mol. The Kier molecular flexibility index (Phi) is 5.13. The minimum Gasteiger partial charge on any atom is -0.480 e. The van der Waals surface area contributed by atoms with E-state index >= 15 is 0 Å². The summed E-state index contributed by atoms with van der Waals surface area (Å²) >= 11 is 0. The van der Waals surface area contributed by atoms with E-state index in [0.717, 1.165) is 16.8 Å². The number of carbonyl (C=O) groups excluding carboxylic acids is 1. The van der Waals surface area contributed by atoms with Gasteiger partial charge >= 0.3 is 12.0 Å². The minimum absolute atomic E-state index is 0.177. The number of anilines is 1. The molecule has 110 valence electrons. The van der Waals surface area contributed by atoms with Gasteiger partial charge in [-0.05, 0) is 31.4 Å². The first-order valence-electron chi connectivity index (χ1n) is 6.58. The Morgan fingerprint density at radius 2 is 1.85 bits per heavy atom. The van der Waals surface area contributed by atoms with Crippen LogP contribution in [0.15, 0.2) is 18.2 Å². The van der Waals surface area contributed by atoms with E-state index in [0.29, 0.717) is 0 Å². The first kappa shape index (κ1) is 16.0. The van der Waals surface area contributed by atoms with Crippen molar-refractivity contribution >= 4 is 17.7 Å². The Hall–Kier alpha value is -2.04. The highest BCUT2D eigenvalue weighted by Crippen LogP contribution is 2.20. The summed E-state index contributed by atoms with van der Waals surface area (Å²) in [5.41, 5.74) is 2.85. The van der Waals surface area contributed by atoms with E-state index in [2.05, 4.69) is 5.32 Å². The van der Waals surface area contributed by atoms with Crippen LogP contribution in [0.2, 0.25) is 0 Å². The van der Waals surface area contributed by atoms with Crippen LogP contribution in [0.3, 0.4) is 0 Å². The van der Waals surface area contributed by atoms with Crippen LogP contribution in [0.4, 0.5) is 10.5 Å². The summed E-state index contributed by atoms with van der Waals surface area (Å²) in [6.45, 7) is 7.42.